The van der Waals surface area contributed by atoms with Gasteiger partial charge < -0.3 is 4.74 Å². The molecule has 0 bridgehead atoms. The molecule has 3 nitrogen and oxygen atoms in total. The zero-order chi connectivity index (χ0) is 20.9. The number of unbranched alkanes of at least 4 members (excludes halogenated alkanes) is 3. The SMILES string of the molecule is C=CCc1ccc(-c2cnc(/C=C/CCCC(C)OCCCCC)nc2)c(F)c1. The van der Waals surface area contributed by atoms with Crippen LogP contribution in [0.15, 0.2) is 49.3 Å². The molecule has 1 aromatic heterocycles. The summed E-state index contributed by atoms with van der Waals surface area (Å²) in [5.74, 6) is 0.378. The van der Waals surface area contributed by atoms with Crippen molar-refractivity contribution >= 4 is 6.08 Å². The number of ether oxygens (including phenoxy) is 1. The molecule has 0 fully saturated rings. The molecule has 0 aliphatic heterocycles. The topological polar surface area (TPSA) is 35.0 Å². The molecule has 29 heavy (non-hydrogen) atoms. The van der Waals surface area contributed by atoms with Crippen molar-refractivity contribution in [3.8, 4) is 11.1 Å². The number of nitrogens with zero attached hydrogens (tertiary/aromatic N) is 2. The third-order valence-corrected chi connectivity index (χ3v) is 4.79. The van der Waals surface area contributed by atoms with Crippen LogP contribution in [-0.4, -0.2) is 22.7 Å². The lowest BCUT2D eigenvalue weighted by molar-refractivity contribution is 0.0566. The number of aromatic nitrogens is 2. The van der Waals surface area contributed by atoms with Gasteiger partial charge in [-0.15, -0.1) is 6.58 Å². The average molecular weight is 397 g/mol. The van der Waals surface area contributed by atoms with E-state index in [4.69, 9.17) is 4.74 Å². The largest absolute Gasteiger partial charge is 0.379 e. The molecule has 1 aromatic carbocycles. The Bertz CT molecular complexity index is 771. The first-order valence-electron chi connectivity index (χ1n) is 10.6. The van der Waals surface area contributed by atoms with Crippen molar-refractivity contribution in [1.82, 2.24) is 9.97 Å². The van der Waals surface area contributed by atoms with Gasteiger partial charge in [0.1, 0.15) is 5.82 Å². The Hall–Kier alpha value is -2.33. The van der Waals surface area contributed by atoms with E-state index >= 15 is 0 Å². The van der Waals surface area contributed by atoms with E-state index in [0.29, 0.717) is 29.5 Å². The molecule has 1 heterocycles. The summed E-state index contributed by atoms with van der Waals surface area (Å²) in [4.78, 5) is 8.68. The van der Waals surface area contributed by atoms with Crippen LogP contribution >= 0.6 is 0 Å². The third-order valence-electron chi connectivity index (χ3n) is 4.79. The Labute approximate surface area is 174 Å². The zero-order valence-electron chi connectivity index (χ0n) is 17.7. The number of halogens is 1. The molecule has 0 aliphatic rings. The minimum atomic E-state index is -0.262. The highest BCUT2D eigenvalue weighted by atomic mass is 19.1. The fraction of sp³-hybridized carbons (Fsp3) is 0.440. The molecule has 1 unspecified atom stereocenters. The number of allylic oxidation sites excluding steroid dienone is 2. The van der Waals surface area contributed by atoms with E-state index in [-0.39, 0.29) is 5.82 Å². The van der Waals surface area contributed by atoms with Gasteiger partial charge >= 0.3 is 0 Å². The van der Waals surface area contributed by atoms with Gasteiger partial charge in [0, 0.05) is 30.1 Å². The highest BCUT2D eigenvalue weighted by Crippen LogP contribution is 2.23. The van der Waals surface area contributed by atoms with Crippen molar-refractivity contribution in [2.24, 2.45) is 0 Å². The first-order valence-corrected chi connectivity index (χ1v) is 10.6. The lowest BCUT2D eigenvalue weighted by atomic mass is 10.0. The summed E-state index contributed by atoms with van der Waals surface area (Å²) in [6.07, 6.45) is 16.8. The monoisotopic (exact) mass is 396 g/mol. The second-order valence-corrected chi connectivity index (χ2v) is 7.36. The summed E-state index contributed by atoms with van der Waals surface area (Å²) in [6, 6.07) is 5.22. The van der Waals surface area contributed by atoms with E-state index in [1.807, 2.05) is 12.1 Å². The minimum absolute atomic E-state index is 0.262. The van der Waals surface area contributed by atoms with E-state index in [2.05, 4.69) is 36.5 Å². The molecule has 0 radical (unpaired) electrons. The molecule has 0 aliphatic carbocycles. The Morgan fingerprint density at radius 1 is 1.17 bits per heavy atom. The van der Waals surface area contributed by atoms with Crippen LogP contribution in [0.4, 0.5) is 4.39 Å². The molecule has 0 N–H and O–H groups in total. The predicted octanol–water partition coefficient (Wildman–Crippen LogP) is 6.79. The van der Waals surface area contributed by atoms with Gasteiger partial charge in [-0.3, -0.25) is 0 Å². The van der Waals surface area contributed by atoms with Gasteiger partial charge in [0.25, 0.3) is 0 Å². The first kappa shape index (κ1) is 23.0. The number of hydrogen-bond donors (Lipinski definition) is 0. The fourth-order valence-corrected chi connectivity index (χ4v) is 3.08. The molecule has 1 atom stereocenters. The van der Waals surface area contributed by atoms with Crippen LogP contribution in [-0.2, 0) is 11.2 Å². The standard InChI is InChI=1S/C25H33FN2O/c1-4-6-10-16-29-20(3)12-8-7-9-13-25-27-18-22(19-28-25)23-15-14-21(11-5-2)17-24(23)26/h5,9,13-15,17-20H,2,4,6-8,10-12,16H2,1,3H3/b13-9+. The lowest BCUT2D eigenvalue weighted by Crippen LogP contribution is -2.08. The molecule has 4 heteroatoms. The van der Waals surface area contributed by atoms with Gasteiger partial charge in [0.2, 0.25) is 0 Å². The summed E-state index contributed by atoms with van der Waals surface area (Å²) in [6.45, 7) is 8.89. The summed E-state index contributed by atoms with van der Waals surface area (Å²) in [5, 5.41) is 0. The van der Waals surface area contributed by atoms with Crippen LogP contribution in [0.25, 0.3) is 17.2 Å². The maximum atomic E-state index is 14.3. The summed E-state index contributed by atoms with van der Waals surface area (Å²) in [7, 11) is 0. The number of hydrogen-bond acceptors (Lipinski definition) is 3. The highest BCUT2D eigenvalue weighted by molar-refractivity contribution is 5.63. The summed E-state index contributed by atoms with van der Waals surface area (Å²) in [5.41, 5.74) is 2.10. The second kappa shape index (κ2) is 13.0. The first-order chi connectivity index (χ1) is 14.1. The van der Waals surface area contributed by atoms with Crippen LogP contribution in [0.2, 0.25) is 0 Å². The molecule has 0 saturated carbocycles. The van der Waals surface area contributed by atoms with Crippen molar-refractivity contribution in [3.05, 3.63) is 66.5 Å². The molecule has 0 spiro atoms. The average Bonchev–Trinajstić information content (AvgIpc) is 2.72. The zero-order valence-corrected chi connectivity index (χ0v) is 17.7. The Morgan fingerprint density at radius 3 is 2.66 bits per heavy atom. The van der Waals surface area contributed by atoms with E-state index < -0.39 is 0 Å². The van der Waals surface area contributed by atoms with Gasteiger partial charge in [0.05, 0.1) is 6.10 Å². The van der Waals surface area contributed by atoms with E-state index in [1.54, 1.807) is 30.6 Å². The molecular weight excluding hydrogens is 363 g/mol. The summed E-state index contributed by atoms with van der Waals surface area (Å²) >= 11 is 0. The van der Waals surface area contributed by atoms with Crippen LogP contribution in [0.5, 0.6) is 0 Å². The molecule has 0 saturated heterocycles. The maximum Gasteiger partial charge on any atom is 0.151 e. The van der Waals surface area contributed by atoms with Crippen molar-refractivity contribution < 1.29 is 9.13 Å². The predicted molar refractivity (Wildman–Crippen MR) is 119 cm³/mol. The van der Waals surface area contributed by atoms with E-state index in [9.17, 15) is 4.39 Å². The maximum absolute atomic E-state index is 14.3. The van der Waals surface area contributed by atoms with Crippen molar-refractivity contribution in [3.63, 3.8) is 0 Å². The normalized spacial score (nSPS) is 12.4. The van der Waals surface area contributed by atoms with Crippen LogP contribution in [0.3, 0.4) is 0 Å². The quantitative estimate of drug-likeness (QED) is 0.276. The Balaban J connectivity index is 1.78. The molecule has 2 rings (SSSR count). The van der Waals surface area contributed by atoms with Gasteiger partial charge in [-0.2, -0.15) is 0 Å². The molecular formula is C25H33FN2O. The van der Waals surface area contributed by atoms with Crippen molar-refractivity contribution in [2.75, 3.05) is 6.61 Å². The number of rotatable bonds is 13. The van der Waals surface area contributed by atoms with Crippen LogP contribution < -0.4 is 0 Å². The third kappa shape index (κ3) is 8.28. The lowest BCUT2D eigenvalue weighted by Gasteiger charge is -2.11. The van der Waals surface area contributed by atoms with Gasteiger partial charge in [-0.1, -0.05) is 44.1 Å². The van der Waals surface area contributed by atoms with Gasteiger partial charge in [0.15, 0.2) is 5.82 Å². The molecule has 2 aromatic rings. The van der Waals surface area contributed by atoms with Crippen LogP contribution in [0, 0.1) is 5.82 Å². The summed E-state index contributed by atoms with van der Waals surface area (Å²) < 4.78 is 20.1. The van der Waals surface area contributed by atoms with Gasteiger partial charge in [-0.25, -0.2) is 14.4 Å². The van der Waals surface area contributed by atoms with E-state index in [0.717, 1.165) is 37.9 Å². The fourth-order valence-electron chi connectivity index (χ4n) is 3.08. The molecule has 0 amide bonds. The molecule has 156 valence electrons. The number of benzene rings is 1. The van der Waals surface area contributed by atoms with Crippen molar-refractivity contribution in [1.29, 1.82) is 0 Å². The van der Waals surface area contributed by atoms with E-state index in [1.165, 1.54) is 12.8 Å². The highest BCUT2D eigenvalue weighted by Gasteiger charge is 2.07. The Kier molecular flexibility index (Phi) is 10.3. The Morgan fingerprint density at radius 2 is 1.97 bits per heavy atom. The van der Waals surface area contributed by atoms with Crippen LogP contribution in [0.1, 0.15) is 63.8 Å². The smallest absolute Gasteiger partial charge is 0.151 e. The van der Waals surface area contributed by atoms with Gasteiger partial charge in [-0.05, 0) is 56.7 Å². The minimum Gasteiger partial charge on any atom is -0.379 e. The second-order valence-electron chi connectivity index (χ2n) is 7.36. The van der Waals surface area contributed by atoms with Crippen molar-refractivity contribution in [2.45, 2.75) is 64.9 Å².